The molecule has 1 saturated heterocycles. The second kappa shape index (κ2) is 8.77. The molecule has 0 aliphatic carbocycles. The lowest BCUT2D eigenvalue weighted by Gasteiger charge is -2.36. The van der Waals surface area contributed by atoms with Gasteiger partial charge in [0.15, 0.2) is 0 Å². The molecule has 0 saturated carbocycles. The average molecular weight is 388 g/mol. The number of hydrogen-bond acceptors (Lipinski definition) is 3. The first-order valence-corrected chi connectivity index (χ1v) is 9.83. The van der Waals surface area contributed by atoms with Crippen LogP contribution in [0.3, 0.4) is 0 Å². The zero-order valence-corrected chi connectivity index (χ0v) is 16.6. The maximum Gasteiger partial charge on any atom is 0.235 e. The summed E-state index contributed by atoms with van der Waals surface area (Å²) >= 11 is 6.03. The number of amides is 1. The van der Waals surface area contributed by atoms with Crippen molar-refractivity contribution in [3.63, 3.8) is 0 Å². The molecule has 1 N–H and O–H groups in total. The van der Waals surface area contributed by atoms with Crippen LogP contribution in [0.15, 0.2) is 48.5 Å². The van der Waals surface area contributed by atoms with E-state index in [-0.39, 0.29) is 12.0 Å². The number of carbonyl (C=O) groups is 1. The molecule has 1 fully saturated rings. The molecule has 0 aromatic heterocycles. The van der Waals surface area contributed by atoms with E-state index in [2.05, 4.69) is 12.2 Å². The second-order valence-electron chi connectivity index (χ2n) is 7.02. The average Bonchev–Trinajstić information content (AvgIpc) is 2.70. The first-order valence-electron chi connectivity index (χ1n) is 9.45. The van der Waals surface area contributed by atoms with E-state index >= 15 is 0 Å². The van der Waals surface area contributed by atoms with E-state index in [0.29, 0.717) is 31.1 Å². The lowest BCUT2D eigenvalue weighted by Crippen LogP contribution is -2.44. The van der Waals surface area contributed by atoms with Crippen molar-refractivity contribution in [1.82, 2.24) is 0 Å². The van der Waals surface area contributed by atoms with Gasteiger partial charge in [-0.05, 0) is 68.1 Å². The van der Waals surface area contributed by atoms with E-state index in [4.69, 9.17) is 21.1 Å². The van der Waals surface area contributed by atoms with Gasteiger partial charge in [0.1, 0.15) is 5.75 Å². The molecule has 0 unspecified atom stereocenters. The first-order chi connectivity index (χ1) is 13.0. The summed E-state index contributed by atoms with van der Waals surface area (Å²) in [4.78, 5) is 13.3. The summed E-state index contributed by atoms with van der Waals surface area (Å²) in [5, 5.41) is 3.74. The monoisotopic (exact) mass is 387 g/mol. The maximum atomic E-state index is 13.3. The summed E-state index contributed by atoms with van der Waals surface area (Å²) in [7, 11) is 0. The zero-order chi connectivity index (χ0) is 19.3. The van der Waals surface area contributed by atoms with E-state index < -0.39 is 5.41 Å². The van der Waals surface area contributed by atoms with Gasteiger partial charge in [-0.3, -0.25) is 4.79 Å². The number of hydrogen-bond donors (Lipinski definition) is 1. The number of ether oxygens (including phenoxy) is 2. The van der Waals surface area contributed by atoms with Crippen LogP contribution in [0.2, 0.25) is 5.02 Å². The Morgan fingerprint density at radius 2 is 1.78 bits per heavy atom. The molecule has 144 valence electrons. The quantitative estimate of drug-likeness (QED) is 0.740. The van der Waals surface area contributed by atoms with Crippen molar-refractivity contribution in [3.05, 3.63) is 59.1 Å². The summed E-state index contributed by atoms with van der Waals surface area (Å²) in [6, 6.07) is 15.1. The van der Waals surface area contributed by atoms with Gasteiger partial charge in [0.05, 0.1) is 11.5 Å². The Hall–Kier alpha value is -2.04. The fourth-order valence-electron chi connectivity index (χ4n) is 3.32. The van der Waals surface area contributed by atoms with Gasteiger partial charge in [0.25, 0.3) is 0 Å². The van der Waals surface area contributed by atoms with Gasteiger partial charge in [0.2, 0.25) is 5.91 Å². The molecular weight excluding hydrogens is 362 g/mol. The lowest BCUT2D eigenvalue weighted by molar-refractivity contribution is -0.125. The van der Waals surface area contributed by atoms with E-state index in [0.717, 1.165) is 23.4 Å². The minimum atomic E-state index is -0.602. The molecule has 0 spiro atoms. The number of halogens is 1. The standard InChI is InChI=1S/C22H26ClNO3/c1-3-16(2)27-20-10-8-19(9-11-20)24-21(25)22(12-14-26-15-13-22)17-4-6-18(23)7-5-17/h4-11,16H,3,12-15H2,1-2H3,(H,24,25)/t16-/m0/s1. The van der Waals surface area contributed by atoms with Gasteiger partial charge in [-0.15, -0.1) is 0 Å². The highest BCUT2D eigenvalue weighted by Gasteiger charge is 2.41. The fraction of sp³-hybridized carbons (Fsp3) is 0.409. The predicted octanol–water partition coefficient (Wildman–Crippen LogP) is 5.20. The van der Waals surface area contributed by atoms with E-state index in [1.54, 1.807) is 0 Å². The Bertz CT molecular complexity index is 752. The Balaban J connectivity index is 1.78. The third-order valence-corrected chi connectivity index (χ3v) is 5.45. The molecule has 1 aliphatic rings. The molecule has 1 amide bonds. The molecule has 2 aromatic rings. The molecule has 5 heteroatoms. The number of carbonyl (C=O) groups excluding carboxylic acids is 1. The van der Waals surface area contributed by atoms with Crippen LogP contribution in [0.1, 0.15) is 38.7 Å². The minimum Gasteiger partial charge on any atom is -0.491 e. The molecule has 1 atom stereocenters. The van der Waals surface area contributed by atoms with Crippen molar-refractivity contribution in [2.24, 2.45) is 0 Å². The highest BCUT2D eigenvalue weighted by atomic mass is 35.5. The van der Waals surface area contributed by atoms with Gasteiger partial charge >= 0.3 is 0 Å². The molecule has 3 rings (SSSR count). The third kappa shape index (κ3) is 4.63. The summed E-state index contributed by atoms with van der Waals surface area (Å²) in [5.74, 6) is 0.796. The van der Waals surface area contributed by atoms with Gasteiger partial charge in [-0.1, -0.05) is 30.7 Å². The molecular formula is C22H26ClNO3. The predicted molar refractivity (Wildman–Crippen MR) is 109 cm³/mol. The van der Waals surface area contributed by atoms with E-state index in [1.807, 2.05) is 55.5 Å². The molecule has 4 nitrogen and oxygen atoms in total. The van der Waals surface area contributed by atoms with Gasteiger partial charge in [-0.25, -0.2) is 0 Å². The highest BCUT2D eigenvalue weighted by molar-refractivity contribution is 6.30. The van der Waals surface area contributed by atoms with Crippen molar-refractivity contribution in [2.45, 2.75) is 44.6 Å². The van der Waals surface area contributed by atoms with Crippen molar-refractivity contribution in [1.29, 1.82) is 0 Å². The lowest BCUT2D eigenvalue weighted by atomic mass is 9.73. The molecule has 1 aliphatic heterocycles. The van der Waals surface area contributed by atoms with Crippen LogP contribution in [0, 0.1) is 0 Å². The maximum absolute atomic E-state index is 13.3. The Kier molecular flexibility index (Phi) is 6.40. The Morgan fingerprint density at radius 3 is 2.37 bits per heavy atom. The smallest absolute Gasteiger partial charge is 0.235 e. The molecule has 2 aromatic carbocycles. The number of nitrogens with one attached hydrogen (secondary N) is 1. The molecule has 0 bridgehead atoms. The first kappa shape index (κ1) is 19.7. The molecule has 1 heterocycles. The zero-order valence-electron chi connectivity index (χ0n) is 15.8. The number of rotatable bonds is 6. The van der Waals surface area contributed by atoms with Crippen LogP contribution in [-0.4, -0.2) is 25.2 Å². The van der Waals surface area contributed by atoms with Crippen LogP contribution in [0.5, 0.6) is 5.75 Å². The van der Waals surface area contributed by atoms with Gasteiger partial charge < -0.3 is 14.8 Å². The minimum absolute atomic E-state index is 0.0104. The van der Waals surface area contributed by atoms with Gasteiger partial charge in [0, 0.05) is 23.9 Å². The third-order valence-electron chi connectivity index (χ3n) is 5.20. The summed E-state index contributed by atoms with van der Waals surface area (Å²) in [5.41, 5.74) is 1.13. The Morgan fingerprint density at radius 1 is 1.15 bits per heavy atom. The normalized spacial score (nSPS) is 17.1. The largest absolute Gasteiger partial charge is 0.491 e. The number of anilines is 1. The van der Waals surface area contributed by atoms with E-state index in [1.165, 1.54) is 0 Å². The van der Waals surface area contributed by atoms with Crippen LogP contribution in [0.25, 0.3) is 0 Å². The second-order valence-corrected chi connectivity index (χ2v) is 7.45. The van der Waals surface area contributed by atoms with Crippen LogP contribution in [0.4, 0.5) is 5.69 Å². The van der Waals surface area contributed by atoms with E-state index in [9.17, 15) is 4.79 Å². The topological polar surface area (TPSA) is 47.6 Å². The van der Waals surface area contributed by atoms with Crippen molar-refractivity contribution in [3.8, 4) is 5.75 Å². The fourth-order valence-corrected chi connectivity index (χ4v) is 3.44. The summed E-state index contributed by atoms with van der Waals surface area (Å²) in [6.45, 7) is 5.26. The summed E-state index contributed by atoms with van der Waals surface area (Å²) in [6.07, 6.45) is 2.41. The SMILES string of the molecule is CC[C@H](C)Oc1ccc(NC(=O)C2(c3ccc(Cl)cc3)CCOCC2)cc1. The Labute approximate surface area is 165 Å². The van der Waals surface area contributed by atoms with Crippen molar-refractivity contribution < 1.29 is 14.3 Å². The van der Waals surface area contributed by atoms with Crippen LogP contribution in [-0.2, 0) is 14.9 Å². The van der Waals surface area contributed by atoms with Gasteiger partial charge in [-0.2, -0.15) is 0 Å². The number of benzene rings is 2. The molecule has 0 radical (unpaired) electrons. The van der Waals surface area contributed by atoms with Crippen molar-refractivity contribution >= 4 is 23.2 Å². The van der Waals surface area contributed by atoms with Crippen LogP contribution < -0.4 is 10.1 Å². The van der Waals surface area contributed by atoms with Crippen LogP contribution >= 0.6 is 11.6 Å². The highest BCUT2D eigenvalue weighted by Crippen LogP contribution is 2.36. The van der Waals surface area contributed by atoms with Crippen molar-refractivity contribution in [2.75, 3.05) is 18.5 Å². The molecule has 27 heavy (non-hydrogen) atoms. The summed E-state index contributed by atoms with van der Waals surface area (Å²) < 4.78 is 11.3.